The van der Waals surface area contributed by atoms with Crippen LogP contribution in [0.25, 0.3) is 0 Å². The Balaban J connectivity index is 1.70. The van der Waals surface area contributed by atoms with Crippen LogP contribution in [0.5, 0.6) is 0 Å². The molecular weight excluding hydrogens is 284 g/mol. The smallest absolute Gasteiger partial charge is 0.330 e. The molecule has 0 aromatic rings. The van der Waals surface area contributed by atoms with Gasteiger partial charge in [-0.15, -0.1) is 0 Å². The molecule has 0 atom stereocenters. The number of carbonyl (C=O) groups is 1. The summed E-state index contributed by atoms with van der Waals surface area (Å²) in [5, 5.41) is 0. The zero-order chi connectivity index (χ0) is 16.6. The van der Waals surface area contributed by atoms with Gasteiger partial charge < -0.3 is 4.74 Å². The van der Waals surface area contributed by atoms with Gasteiger partial charge in [0.25, 0.3) is 0 Å². The van der Waals surface area contributed by atoms with E-state index in [4.69, 9.17) is 4.74 Å². The van der Waals surface area contributed by atoms with Gasteiger partial charge in [-0.05, 0) is 25.2 Å². The number of unbranched alkanes of at least 4 members (excludes halogenated alkanes) is 12. The van der Waals surface area contributed by atoms with E-state index in [2.05, 4.69) is 6.92 Å². The lowest BCUT2D eigenvalue weighted by Crippen LogP contribution is -2.02. The van der Waals surface area contributed by atoms with E-state index in [9.17, 15) is 4.79 Å². The van der Waals surface area contributed by atoms with Gasteiger partial charge in [-0.2, -0.15) is 0 Å². The van der Waals surface area contributed by atoms with Crippen molar-refractivity contribution < 1.29 is 9.53 Å². The summed E-state index contributed by atoms with van der Waals surface area (Å²) in [4.78, 5) is 11.4. The van der Waals surface area contributed by atoms with E-state index in [1.165, 1.54) is 89.9 Å². The third-order valence-corrected chi connectivity index (χ3v) is 4.62. The first kappa shape index (κ1) is 20.3. The Hall–Kier alpha value is -0.790. The van der Waals surface area contributed by atoms with E-state index in [-0.39, 0.29) is 5.97 Å². The molecule has 0 aromatic carbocycles. The average molecular weight is 323 g/mol. The van der Waals surface area contributed by atoms with Crippen LogP contribution in [0.3, 0.4) is 0 Å². The average Bonchev–Trinajstić information content (AvgIpc) is 3.37. The second kappa shape index (κ2) is 14.8. The van der Waals surface area contributed by atoms with Crippen molar-refractivity contribution >= 4 is 5.97 Å². The van der Waals surface area contributed by atoms with E-state index in [1.54, 1.807) is 6.08 Å². The van der Waals surface area contributed by atoms with Gasteiger partial charge in [0.05, 0.1) is 6.61 Å². The SMILES string of the molecule is CCCCCCCCCCCCCCCOC(=O)C=CC1CC1. The Labute approximate surface area is 144 Å². The van der Waals surface area contributed by atoms with Crippen LogP contribution in [0.2, 0.25) is 0 Å². The number of esters is 1. The predicted octanol–water partition coefficient (Wildman–Crippen LogP) is 6.59. The molecule has 1 rings (SSSR count). The first-order valence-electron chi connectivity index (χ1n) is 10.2. The maximum atomic E-state index is 11.4. The van der Waals surface area contributed by atoms with Crippen LogP contribution in [-0.2, 0) is 9.53 Å². The molecule has 2 heteroatoms. The predicted molar refractivity (Wildman–Crippen MR) is 98.5 cm³/mol. The normalized spacial score (nSPS) is 14.5. The van der Waals surface area contributed by atoms with Crippen LogP contribution in [0.15, 0.2) is 12.2 Å². The lowest BCUT2D eigenvalue weighted by molar-refractivity contribution is -0.137. The molecule has 0 bridgehead atoms. The minimum Gasteiger partial charge on any atom is -0.463 e. The van der Waals surface area contributed by atoms with Gasteiger partial charge >= 0.3 is 5.97 Å². The second-order valence-electron chi connectivity index (χ2n) is 7.11. The molecule has 1 fully saturated rings. The fourth-order valence-corrected chi connectivity index (χ4v) is 2.84. The third-order valence-electron chi connectivity index (χ3n) is 4.62. The van der Waals surface area contributed by atoms with Gasteiger partial charge in [0.15, 0.2) is 0 Å². The Morgan fingerprint density at radius 2 is 1.30 bits per heavy atom. The monoisotopic (exact) mass is 322 g/mol. The Morgan fingerprint density at radius 1 is 0.826 bits per heavy atom. The van der Waals surface area contributed by atoms with Crippen molar-refractivity contribution in [2.45, 2.75) is 103 Å². The molecule has 2 nitrogen and oxygen atoms in total. The molecule has 1 aliphatic carbocycles. The van der Waals surface area contributed by atoms with Crippen LogP contribution < -0.4 is 0 Å². The van der Waals surface area contributed by atoms with Crippen molar-refractivity contribution in [2.75, 3.05) is 6.61 Å². The highest BCUT2D eigenvalue weighted by molar-refractivity contribution is 5.81. The van der Waals surface area contributed by atoms with E-state index < -0.39 is 0 Å². The maximum Gasteiger partial charge on any atom is 0.330 e. The highest BCUT2D eigenvalue weighted by Gasteiger charge is 2.17. The molecule has 0 spiro atoms. The third kappa shape index (κ3) is 14.5. The summed E-state index contributed by atoms with van der Waals surface area (Å²) in [5.41, 5.74) is 0. The highest BCUT2D eigenvalue weighted by atomic mass is 16.5. The number of hydrogen-bond donors (Lipinski definition) is 0. The summed E-state index contributed by atoms with van der Waals surface area (Å²) in [6, 6.07) is 0. The molecule has 0 heterocycles. The van der Waals surface area contributed by atoms with Gasteiger partial charge in [0, 0.05) is 6.08 Å². The van der Waals surface area contributed by atoms with Crippen molar-refractivity contribution in [3.63, 3.8) is 0 Å². The zero-order valence-electron chi connectivity index (χ0n) is 15.4. The summed E-state index contributed by atoms with van der Waals surface area (Å²) in [6.45, 7) is 2.86. The molecule has 134 valence electrons. The molecular formula is C21H38O2. The van der Waals surface area contributed by atoms with Crippen molar-refractivity contribution in [2.24, 2.45) is 5.92 Å². The molecule has 1 saturated carbocycles. The number of ether oxygens (including phenoxy) is 1. The summed E-state index contributed by atoms with van der Waals surface area (Å²) >= 11 is 0. The number of allylic oxidation sites excluding steroid dienone is 1. The Morgan fingerprint density at radius 3 is 1.78 bits per heavy atom. The number of rotatable bonds is 16. The quantitative estimate of drug-likeness (QED) is 0.182. The topological polar surface area (TPSA) is 26.3 Å². The molecule has 1 aliphatic rings. The molecule has 23 heavy (non-hydrogen) atoms. The fraction of sp³-hybridized carbons (Fsp3) is 0.857. The van der Waals surface area contributed by atoms with Gasteiger partial charge in [-0.1, -0.05) is 90.0 Å². The summed E-state index contributed by atoms with van der Waals surface area (Å²) in [6.07, 6.45) is 23.6. The van der Waals surface area contributed by atoms with Crippen LogP contribution in [0, 0.1) is 5.92 Å². The Kier molecular flexibility index (Phi) is 13.0. The van der Waals surface area contributed by atoms with E-state index in [0.717, 1.165) is 6.42 Å². The number of hydrogen-bond acceptors (Lipinski definition) is 2. The lowest BCUT2D eigenvalue weighted by atomic mass is 10.0. The first-order chi connectivity index (χ1) is 11.3. The minimum atomic E-state index is -0.157. The largest absolute Gasteiger partial charge is 0.463 e. The summed E-state index contributed by atoms with van der Waals surface area (Å²) in [7, 11) is 0. The zero-order valence-corrected chi connectivity index (χ0v) is 15.4. The van der Waals surface area contributed by atoms with Crippen molar-refractivity contribution in [3.05, 3.63) is 12.2 Å². The molecule has 0 radical (unpaired) electrons. The lowest BCUT2D eigenvalue weighted by Gasteiger charge is -2.03. The summed E-state index contributed by atoms with van der Waals surface area (Å²) in [5.74, 6) is 0.495. The molecule has 0 unspecified atom stereocenters. The van der Waals surface area contributed by atoms with Gasteiger partial charge in [-0.25, -0.2) is 4.79 Å². The van der Waals surface area contributed by atoms with Crippen molar-refractivity contribution in [1.82, 2.24) is 0 Å². The summed E-state index contributed by atoms with van der Waals surface area (Å²) < 4.78 is 5.19. The molecule has 0 amide bonds. The van der Waals surface area contributed by atoms with Crippen molar-refractivity contribution in [3.8, 4) is 0 Å². The van der Waals surface area contributed by atoms with Crippen LogP contribution in [0.1, 0.15) is 103 Å². The van der Waals surface area contributed by atoms with Gasteiger partial charge in [0.2, 0.25) is 0 Å². The van der Waals surface area contributed by atoms with Crippen molar-refractivity contribution in [1.29, 1.82) is 0 Å². The van der Waals surface area contributed by atoms with E-state index in [0.29, 0.717) is 12.5 Å². The molecule has 0 aromatic heterocycles. The fourth-order valence-electron chi connectivity index (χ4n) is 2.84. The van der Waals surface area contributed by atoms with Crippen LogP contribution in [0.4, 0.5) is 0 Å². The first-order valence-corrected chi connectivity index (χ1v) is 10.2. The van der Waals surface area contributed by atoms with Crippen LogP contribution >= 0.6 is 0 Å². The van der Waals surface area contributed by atoms with Gasteiger partial charge in [-0.3, -0.25) is 0 Å². The van der Waals surface area contributed by atoms with Crippen LogP contribution in [-0.4, -0.2) is 12.6 Å². The number of carbonyl (C=O) groups excluding carboxylic acids is 1. The van der Waals surface area contributed by atoms with Gasteiger partial charge in [0.1, 0.15) is 0 Å². The molecule has 0 N–H and O–H groups in total. The van der Waals surface area contributed by atoms with E-state index >= 15 is 0 Å². The second-order valence-corrected chi connectivity index (χ2v) is 7.11. The minimum absolute atomic E-state index is 0.157. The maximum absolute atomic E-state index is 11.4. The molecule has 0 saturated heterocycles. The van der Waals surface area contributed by atoms with E-state index in [1.807, 2.05) is 6.08 Å². The molecule has 0 aliphatic heterocycles. The standard InChI is InChI=1S/C21H38O2/c1-2-3-4-5-6-7-8-9-10-11-12-13-14-19-23-21(22)18-17-20-15-16-20/h17-18,20H,2-16,19H2,1H3. The highest BCUT2D eigenvalue weighted by Crippen LogP contribution is 2.29. The Bertz CT molecular complexity index is 305.